The Morgan fingerprint density at radius 1 is 1.20 bits per heavy atom. The first kappa shape index (κ1) is 18.7. The number of carbonyl (C=O) groups excluding carboxylic acids is 1. The number of alkyl halides is 3. The van der Waals surface area contributed by atoms with E-state index in [2.05, 4.69) is 5.32 Å². The van der Waals surface area contributed by atoms with Crippen LogP contribution in [0.25, 0.3) is 0 Å². The lowest BCUT2D eigenvalue weighted by Gasteiger charge is -2.31. The van der Waals surface area contributed by atoms with Crippen molar-refractivity contribution in [1.29, 1.82) is 0 Å². The Morgan fingerprint density at radius 2 is 1.65 bits per heavy atom. The van der Waals surface area contributed by atoms with E-state index in [0.717, 1.165) is 0 Å². The number of carboxylic acids is 1. The fraction of sp³-hybridized carbons (Fsp3) is 0.833. The fourth-order valence-corrected chi connectivity index (χ4v) is 1.59. The molecular weight excluding hydrogens is 277 g/mol. The molecule has 0 aliphatic carbocycles. The zero-order valence-electron chi connectivity index (χ0n) is 12.0. The maximum atomic E-state index is 12.6. The highest BCUT2D eigenvalue weighted by molar-refractivity contribution is 5.87. The molecule has 20 heavy (non-hydrogen) atoms. The molecule has 1 amide bonds. The average Bonchev–Trinajstić information content (AvgIpc) is 2.10. The highest BCUT2D eigenvalue weighted by atomic mass is 19.4. The highest BCUT2D eigenvalue weighted by Crippen LogP contribution is 2.29. The minimum atomic E-state index is -4.91. The van der Waals surface area contributed by atoms with Crippen LogP contribution in [0.2, 0.25) is 0 Å². The van der Waals surface area contributed by atoms with Crippen LogP contribution in [0, 0.1) is 5.41 Å². The molecule has 0 aliphatic rings. The van der Waals surface area contributed by atoms with Crippen LogP contribution in [0.5, 0.6) is 0 Å². The normalized spacial score (nSPS) is 17.2. The van der Waals surface area contributed by atoms with Crippen LogP contribution in [0.4, 0.5) is 13.2 Å². The molecular formula is C12H21F3N2O3. The summed E-state index contributed by atoms with van der Waals surface area (Å²) < 4.78 is 37.9. The van der Waals surface area contributed by atoms with Gasteiger partial charge in [-0.1, -0.05) is 20.8 Å². The summed E-state index contributed by atoms with van der Waals surface area (Å²) in [6.45, 7) is 5.93. The van der Waals surface area contributed by atoms with Crippen molar-refractivity contribution in [2.24, 2.45) is 11.1 Å². The topological polar surface area (TPSA) is 92.4 Å². The van der Waals surface area contributed by atoms with Gasteiger partial charge >= 0.3 is 12.1 Å². The number of carboxylic acid groups (broad SMARTS) is 1. The summed E-state index contributed by atoms with van der Waals surface area (Å²) >= 11 is 0. The van der Waals surface area contributed by atoms with E-state index >= 15 is 0 Å². The van der Waals surface area contributed by atoms with Gasteiger partial charge in [-0.3, -0.25) is 9.59 Å². The maximum Gasteiger partial charge on any atom is 0.415 e. The van der Waals surface area contributed by atoms with Crippen LogP contribution in [-0.2, 0) is 9.59 Å². The van der Waals surface area contributed by atoms with E-state index in [4.69, 9.17) is 10.8 Å². The van der Waals surface area contributed by atoms with E-state index < -0.39 is 36.1 Å². The molecule has 0 rings (SSSR count). The lowest BCUT2D eigenvalue weighted by atomic mass is 9.86. The Balaban J connectivity index is 4.99. The number of aliphatic carboxylic acids is 1. The molecule has 2 unspecified atom stereocenters. The number of nitrogens with one attached hydrogen (secondary N) is 1. The van der Waals surface area contributed by atoms with Crippen LogP contribution < -0.4 is 11.1 Å². The molecule has 0 aromatic heterocycles. The van der Waals surface area contributed by atoms with Crippen molar-refractivity contribution in [3.63, 3.8) is 0 Å². The Kier molecular flexibility index (Phi) is 5.59. The van der Waals surface area contributed by atoms with Crippen molar-refractivity contribution in [1.82, 2.24) is 5.32 Å². The number of nitrogens with two attached hydrogens (primary N) is 1. The van der Waals surface area contributed by atoms with Gasteiger partial charge in [0.1, 0.15) is 0 Å². The highest BCUT2D eigenvalue weighted by Gasteiger charge is 2.54. The largest absolute Gasteiger partial charge is 0.481 e. The Hall–Kier alpha value is -1.31. The van der Waals surface area contributed by atoms with Crippen LogP contribution in [0.15, 0.2) is 0 Å². The van der Waals surface area contributed by atoms with Crippen molar-refractivity contribution in [2.45, 2.75) is 58.3 Å². The smallest absolute Gasteiger partial charge is 0.415 e. The summed E-state index contributed by atoms with van der Waals surface area (Å²) in [6, 6.07) is -0.912. The van der Waals surface area contributed by atoms with E-state index in [-0.39, 0.29) is 11.8 Å². The number of rotatable bonds is 5. The van der Waals surface area contributed by atoms with Gasteiger partial charge in [0, 0.05) is 6.04 Å². The van der Waals surface area contributed by atoms with Crippen molar-refractivity contribution >= 4 is 11.9 Å². The molecule has 0 saturated heterocycles. The van der Waals surface area contributed by atoms with Gasteiger partial charge in [-0.2, -0.15) is 13.2 Å². The number of halogens is 3. The standard InChI is InChI=1S/C12H21F3N2O3/c1-10(2,3)6-7(5-8(18)19)17-9(20)11(4,16)12(13,14)15/h7H,5-6,16H2,1-4H3,(H,17,20)(H,18,19). The molecule has 0 aliphatic heterocycles. The average molecular weight is 298 g/mol. The fourth-order valence-electron chi connectivity index (χ4n) is 1.59. The quantitative estimate of drug-likeness (QED) is 0.719. The third kappa shape index (κ3) is 5.77. The van der Waals surface area contributed by atoms with Crippen LogP contribution in [0.3, 0.4) is 0 Å². The van der Waals surface area contributed by atoms with Gasteiger partial charge in [-0.15, -0.1) is 0 Å². The molecule has 0 heterocycles. The summed E-state index contributed by atoms with van der Waals surface area (Å²) in [4.78, 5) is 22.4. The summed E-state index contributed by atoms with van der Waals surface area (Å²) in [7, 11) is 0. The number of carbonyl (C=O) groups is 2. The zero-order chi connectivity index (χ0) is 16.4. The SMILES string of the molecule is CC(C)(C)CC(CC(=O)O)NC(=O)C(C)(N)C(F)(F)F. The van der Waals surface area contributed by atoms with Crippen LogP contribution in [-0.4, -0.2) is 34.7 Å². The molecule has 2 atom stereocenters. The van der Waals surface area contributed by atoms with E-state index in [1.165, 1.54) is 0 Å². The lowest BCUT2D eigenvalue weighted by molar-refractivity contribution is -0.187. The summed E-state index contributed by atoms with van der Waals surface area (Å²) in [5, 5.41) is 10.8. The third-order valence-corrected chi connectivity index (χ3v) is 2.68. The van der Waals surface area contributed by atoms with Crippen molar-refractivity contribution in [3.8, 4) is 0 Å². The Labute approximate surface area is 115 Å². The van der Waals surface area contributed by atoms with Gasteiger partial charge < -0.3 is 16.2 Å². The lowest BCUT2D eigenvalue weighted by Crippen LogP contribution is -2.63. The second-order valence-electron chi connectivity index (χ2n) is 6.23. The molecule has 0 aromatic carbocycles. The molecule has 0 fully saturated rings. The van der Waals surface area contributed by atoms with E-state index in [1.54, 1.807) is 20.8 Å². The molecule has 0 bridgehead atoms. The molecule has 0 spiro atoms. The minimum absolute atomic E-state index is 0.221. The second-order valence-corrected chi connectivity index (χ2v) is 6.23. The van der Waals surface area contributed by atoms with Gasteiger partial charge in [0.25, 0.3) is 0 Å². The van der Waals surface area contributed by atoms with E-state index in [9.17, 15) is 22.8 Å². The van der Waals surface area contributed by atoms with Crippen molar-refractivity contribution in [3.05, 3.63) is 0 Å². The number of hydrogen-bond donors (Lipinski definition) is 3. The molecule has 0 radical (unpaired) electrons. The molecule has 0 saturated carbocycles. The molecule has 5 nitrogen and oxygen atoms in total. The van der Waals surface area contributed by atoms with E-state index in [1.807, 2.05) is 0 Å². The molecule has 118 valence electrons. The van der Waals surface area contributed by atoms with E-state index in [0.29, 0.717) is 6.92 Å². The van der Waals surface area contributed by atoms with Gasteiger partial charge in [-0.05, 0) is 18.8 Å². The summed E-state index contributed by atoms with van der Waals surface area (Å²) in [5.41, 5.74) is 1.59. The van der Waals surface area contributed by atoms with Crippen molar-refractivity contribution < 1.29 is 27.9 Å². The summed E-state index contributed by atoms with van der Waals surface area (Å²) in [5.74, 6) is -2.63. The minimum Gasteiger partial charge on any atom is -0.481 e. The maximum absolute atomic E-state index is 12.6. The predicted octanol–water partition coefficient (Wildman–Crippen LogP) is 1.66. The monoisotopic (exact) mass is 298 g/mol. The predicted molar refractivity (Wildman–Crippen MR) is 66.9 cm³/mol. The van der Waals surface area contributed by atoms with Crippen molar-refractivity contribution in [2.75, 3.05) is 0 Å². The van der Waals surface area contributed by atoms with Gasteiger partial charge in [0.05, 0.1) is 6.42 Å². The summed E-state index contributed by atoms with van der Waals surface area (Å²) in [6.07, 6.45) is -5.15. The Bertz CT molecular complexity index is 373. The van der Waals surface area contributed by atoms with Crippen LogP contribution in [0.1, 0.15) is 40.5 Å². The second kappa shape index (κ2) is 5.99. The third-order valence-electron chi connectivity index (χ3n) is 2.68. The molecule has 8 heteroatoms. The van der Waals surface area contributed by atoms with Gasteiger partial charge in [0.15, 0.2) is 5.54 Å². The number of amides is 1. The molecule has 4 N–H and O–H groups in total. The zero-order valence-corrected chi connectivity index (χ0v) is 12.0. The molecule has 0 aromatic rings. The first-order valence-corrected chi connectivity index (χ1v) is 6.05. The van der Waals surface area contributed by atoms with Gasteiger partial charge in [-0.25, -0.2) is 0 Å². The van der Waals surface area contributed by atoms with Gasteiger partial charge in [0.2, 0.25) is 5.91 Å². The first-order chi connectivity index (χ1) is 8.67. The Morgan fingerprint density at radius 3 is 1.95 bits per heavy atom. The van der Waals surface area contributed by atoms with Crippen LogP contribution >= 0.6 is 0 Å². The number of hydrogen-bond acceptors (Lipinski definition) is 3. The first-order valence-electron chi connectivity index (χ1n) is 6.05.